The van der Waals surface area contributed by atoms with Crippen molar-refractivity contribution in [3.8, 4) is 0 Å². The van der Waals surface area contributed by atoms with Gasteiger partial charge in [0.25, 0.3) is 0 Å². The topological polar surface area (TPSA) is 38.5 Å². The Morgan fingerprint density at radius 1 is 1.10 bits per heavy atom. The molecule has 124 valence electrons. The Kier molecular flexibility index (Phi) is 6.10. The van der Waals surface area contributed by atoms with Gasteiger partial charge < -0.3 is 15.4 Å². The van der Waals surface area contributed by atoms with Gasteiger partial charge in [-0.15, -0.1) is 0 Å². The van der Waals surface area contributed by atoms with Crippen molar-refractivity contribution in [3.05, 3.63) is 0 Å². The van der Waals surface area contributed by atoms with E-state index in [1.54, 1.807) is 0 Å². The first kappa shape index (κ1) is 17.2. The van der Waals surface area contributed by atoms with Crippen LogP contribution in [-0.4, -0.2) is 44.3 Å². The molecule has 1 aliphatic heterocycles. The van der Waals surface area contributed by atoms with E-state index < -0.39 is 0 Å². The molecule has 1 heterocycles. The van der Waals surface area contributed by atoms with E-state index >= 15 is 0 Å². The zero-order valence-corrected chi connectivity index (χ0v) is 14.6. The van der Waals surface area contributed by atoms with E-state index in [4.69, 9.17) is 10.5 Å². The van der Waals surface area contributed by atoms with Crippen molar-refractivity contribution in [3.63, 3.8) is 0 Å². The monoisotopic (exact) mass is 296 g/mol. The fraction of sp³-hybridized carbons (Fsp3) is 1.00. The standard InChI is InChI=1S/C18H36N2O/c1-18(2,3)16-6-5-15(12-19)17(11-16)20-9-7-14(8-10-20)13-21-4/h14-17H,5-13,19H2,1-4H3. The Morgan fingerprint density at radius 2 is 1.76 bits per heavy atom. The molecule has 2 N–H and O–H groups in total. The van der Waals surface area contributed by atoms with Crippen molar-refractivity contribution in [1.82, 2.24) is 4.90 Å². The van der Waals surface area contributed by atoms with Gasteiger partial charge in [-0.05, 0) is 74.9 Å². The molecule has 3 atom stereocenters. The van der Waals surface area contributed by atoms with E-state index in [0.29, 0.717) is 11.3 Å². The van der Waals surface area contributed by atoms with Gasteiger partial charge in [-0.2, -0.15) is 0 Å². The summed E-state index contributed by atoms with van der Waals surface area (Å²) >= 11 is 0. The lowest BCUT2D eigenvalue weighted by atomic mass is 9.67. The Bertz CT molecular complexity index is 305. The first-order valence-electron chi connectivity index (χ1n) is 8.88. The second-order valence-corrected chi connectivity index (χ2v) is 8.37. The summed E-state index contributed by atoms with van der Waals surface area (Å²) in [4.78, 5) is 2.75. The molecule has 0 radical (unpaired) electrons. The van der Waals surface area contributed by atoms with E-state index in [9.17, 15) is 0 Å². The molecule has 1 saturated heterocycles. The molecule has 3 heteroatoms. The van der Waals surface area contributed by atoms with Crippen LogP contribution in [0.5, 0.6) is 0 Å². The lowest BCUT2D eigenvalue weighted by Gasteiger charge is -2.48. The van der Waals surface area contributed by atoms with Crippen LogP contribution in [-0.2, 0) is 4.74 Å². The molecule has 0 aromatic heterocycles. The number of nitrogens with two attached hydrogens (primary N) is 1. The summed E-state index contributed by atoms with van der Waals surface area (Å²) in [5, 5.41) is 0. The highest BCUT2D eigenvalue weighted by atomic mass is 16.5. The van der Waals surface area contributed by atoms with Crippen molar-refractivity contribution in [1.29, 1.82) is 0 Å². The number of ether oxygens (including phenoxy) is 1. The molecule has 2 aliphatic rings. The van der Waals surface area contributed by atoms with Gasteiger partial charge in [0.2, 0.25) is 0 Å². The summed E-state index contributed by atoms with van der Waals surface area (Å²) < 4.78 is 5.33. The average Bonchev–Trinajstić information content (AvgIpc) is 2.47. The summed E-state index contributed by atoms with van der Waals surface area (Å²) in [6.45, 7) is 11.5. The molecule has 0 bridgehead atoms. The summed E-state index contributed by atoms with van der Waals surface area (Å²) in [7, 11) is 1.83. The van der Waals surface area contributed by atoms with Gasteiger partial charge in [0.05, 0.1) is 0 Å². The molecular formula is C18H36N2O. The molecular weight excluding hydrogens is 260 g/mol. The van der Waals surface area contributed by atoms with Crippen LogP contribution >= 0.6 is 0 Å². The third-order valence-corrected chi connectivity index (χ3v) is 6.00. The van der Waals surface area contributed by atoms with Crippen molar-refractivity contribution >= 4 is 0 Å². The highest BCUT2D eigenvalue weighted by Gasteiger charge is 2.38. The van der Waals surface area contributed by atoms with Crippen LogP contribution < -0.4 is 5.73 Å². The SMILES string of the molecule is COCC1CCN(C2CC(C(C)(C)C)CCC2CN)CC1. The van der Waals surface area contributed by atoms with Gasteiger partial charge in [-0.25, -0.2) is 0 Å². The molecule has 0 spiro atoms. The fourth-order valence-corrected chi connectivity index (χ4v) is 4.41. The summed E-state index contributed by atoms with van der Waals surface area (Å²) in [6.07, 6.45) is 6.62. The fourth-order valence-electron chi connectivity index (χ4n) is 4.41. The number of rotatable bonds is 4. The summed E-state index contributed by atoms with van der Waals surface area (Å²) in [5.74, 6) is 2.33. The zero-order valence-electron chi connectivity index (χ0n) is 14.6. The molecule has 1 aliphatic carbocycles. The van der Waals surface area contributed by atoms with Crippen LogP contribution in [0.25, 0.3) is 0 Å². The molecule has 3 nitrogen and oxygen atoms in total. The molecule has 1 saturated carbocycles. The predicted octanol–water partition coefficient (Wildman–Crippen LogP) is 3.13. The van der Waals surface area contributed by atoms with Gasteiger partial charge in [0.15, 0.2) is 0 Å². The van der Waals surface area contributed by atoms with Gasteiger partial charge in [0.1, 0.15) is 0 Å². The van der Waals surface area contributed by atoms with Gasteiger partial charge in [-0.3, -0.25) is 0 Å². The number of hydrogen-bond acceptors (Lipinski definition) is 3. The van der Waals surface area contributed by atoms with E-state index in [0.717, 1.165) is 31.0 Å². The molecule has 0 aromatic rings. The van der Waals surface area contributed by atoms with Crippen LogP contribution in [0, 0.1) is 23.2 Å². The minimum atomic E-state index is 0.437. The Labute approximate surface area is 131 Å². The third-order valence-electron chi connectivity index (χ3n) is 6.00. The zero-order chi connectivity index (χ0) is 15.5. The first-order chi connectivity index (χ1) is 9.95. The van der Waals surface area contributed by atoms with Crippen LogP contribution in [0.2, 0.25) is 0 Å². The molecule has 2 rings (SSSR count). The first-order valence-corrected chi connectivity index (χ1v) is 8.88. The minimum Gasteiger partial charge on any atom is -0.384 e. The largest absolute Gasteiger partial charge is 0.384 e. The Hall–Kier alpha value is -0.120. The molecule has 2 fully saturated rings. The molecule has 21 heavy (non-hydrogen) atoms. The van der Waals surface area contributed by atoms with Crippen molar-refractivity contribution in [2.75, 3.05) is 33.4 Å². The molecule has 3 unspecified atom stereocenters. The smallest absolute Gasteiger partial charge is 0.0491 e. The third kappa shape index (κ3) is 4.43. The minimum absolute atomic E-state index is 0.437. The second kappa shape index (κ2) is 7.43. The van der Waals surface area contributed by atoms with E-state index in [1.165, 1.54) is 45.2 Å². The highest BCUT2D eigenvalue weighted by Crippen LogP contribution is 2.42. The average molecular weight is 296 g/mol. The Balaban J connectivity index is 1.95. The second-order valence-electron chi connectivity index (χ2n) is 8.37. The van der Waals surface area contributed by atoms with E-state index in [2.05, 4.69) is 25.7 Å². The van der Waals surface area contributed by atoms with Crippen LogP contribution in [0.4, 0.5) is 0 Å². The predicted molar refractivity (Wildman–Crippen MR) is 89.3 cm³/mol. The number of nitrogens with zero attached hydrogens (tertiary/aromatic N) is 1. The van der Waals surface area contributed by atoms with E-state index in [-0.39, 0.29) is 0 Å². The lowest BCUT2D eigenvalue weighted by Crippen LogP contribution is -2.51. The maximum atomic E-state index is 6.08. The van der Waals surface area contributed by atoms with Crippen molar-refractivity contribution in [2.24, 2.45) is 28.9 Å². The number of piperidine rings is 1. The maximum absolute atomic E-state index is 6.08. The summed E-state index contributed by atoms with van der Waals surface area (Å²) in [6, 6.07) is 0.719. The Morgan fingerprint density at radius 3 is 2.29 bits per heavy atom. The highest BCUT2D eigenvalue weighted by molar-refractivity contribution is 4.92. The van der Waals surface area contributed by atoms with Crippen LogP contribution in [0.1, 0.15) is 52.9 Å². The van der Waals surface area contributed by atoms with E-state index in [1.807, 2.05) is 7.11 Å². The molecule has 0 amide bonds. The number of hydrogen-bond donors (Lipinski definition) is 1. The van der Waals surface area contributed by atoms with Crippen molar-refractivity contribution in [2.45, 2.75) is 58.9 Å². The van der Waals surface area contributed by atoms with Gasteiger partial charge in [-0.1, -0.05) is 20.8 Å². The summed E-state index contributed by atoms with van der Waals surface area (Å²) in [5.41, 5.74) is 6.52. The maximum Gasteiger partial charge on any atom is 0.0491 e. The van der Waals surface area contributed by atoms with Gasteiger partial charge in [0, 0.05) is 19.8 Å². The van der Waals surface area contributed by atoms with Crippen molar-refractivity contribution < 1.29 is 4.74 Å². The number of methoxy groups -OCH3 is 1. The quantitative estimate of drug-likeness (QED) is 0.866. The number of likely N-dealkylation sites (tertiary alicyclic amines) is 1. The van der Waals surface area contributed by atoms with Crippen LogP contribution in [0.3, 0.4) is 0 Å². The normalized spacial score (nSPS) is 33.3. The van der Waals surface area contributed by atoms with Crippen LogP contribution in [0.15, 0.2) is 0 Å². The molecule has 0 aromatic carbocycles. The lowest BCUT2D eigenvalue weighted by molar-refractivity contribution is 0.0156. The van der Waals surface area contributed by atoms with Gasteiger partial charge >= 0.3 is 0 Å².